The third kappa shape index (κ3) is 4.54. The van der Waals surface area contributed by atoms with Gasteiger partial charge in [-0.15, -0.1) is 11.3 Å². The first-order valence-corrected chi connectivity index (χ1v) is 16.5. The van der Waals surface area contributed by atoms with Crippen molar-refractivity contribution in [3.8, 4) is 22.3 Å². The molecule has 0 spiro atoms. The number of rotatable bonds is 5. The molecule has 46 heavy (non-hydrogen) atoms. The quantitative estimate of drug-likeness (QED) is 0.189. The van der Waals surface area contributed by atoms with Gasteiger partial charge in [-0.05, 0) is 86.9 Å². The highest BCUT2D eigenvalue weighted by molar-refractivity contribution is 7.25. The summed E-state index contributed by atoms with van der Waals surface area (Å²) in [5.41, 5.74) is 8.32. The van der Waals surface area contributed by atoms with Gasteiger partial charge in [0.05, 0.1) is 5.69 Å². The molecule has 1 aromatic heterocycles. The molecule has 0 unspecified atom stereocenters. The minimum Gasteiger partial charge on any atom is -0.310 e. The van der Waals surface area contributed by atoms with Gasteiger partial charge >= 0.3 is 0 Å². The fourth-order valence-electron chi connectivity index (χ4n) is 6.83. The van der Waals surface area contributed by atoms with Crippen molar-refractivity contribution >= 4 is 70.1 Å². The van der Waals surface area contributed by atoms with E-state index in [1.165, 1.54) is 64.0 Å². The maximum atomic E-state index is 2.40. The van der Waals surface area contributed by atoms with Crippen molar-refractivity contribution in [1.29, 1.82) is 0 Å². The summed E-state index contributed by atoms with van der Waals surface area (Å²) in [5.74, 6) is 0. The molecule has 0 radical (unpaired) electrons. The van der Waals surface area contributed by atoms with Crippen LogP contribution in [0.15, 0.2) is 176 Å². The Labute approximate surface area is 272 Å². The number of benzene rings is 8. The van der Waals surface area contributed by atoms with Crippen LogP contribution in [0.2, 0.25) is 0 Å². The molecule has 9 aromatic rings. The lowest BCUT2D eigenvalue weighted by molar-refractivity contribution is 1.30. The lowest BCUT2D eigenvalue weighted by Crippen LogP contribution is -2.10. The minimum absolute atomic E-state index is 1.12. The van der Waals surface area contributed by atoms with Crippen LogP contribution in [-0.2, 0) is 0 Å². The molecule has 216 valence electrons. The molecule has 0 aliphatic heterocycles. The Kier molecular flexibility index (Phi) is 6.40. The first-order valence-electron chi connectivity index (χ1n) is 15.7. The lowest BCUT2D eigenvalue weighted by Gasteiger charge is -2.27. The van der Waals surface area contributed by atoms with Gasteiger partial charge in [0, 0.05) is 36.9 Å². The number of nitrogens with zero attached hydrogens (tertiary/aromatic N) is 1. The summed E-state index contributed by atoms with van der Waals surface area (Å²) in [5, 5.41) is 7.61. The van der Waals surface area contributed by atoms with E-state index in [1.54, 1.807) is 0 Å². The van der Waals surface area contributed by atoms with Crippen molar-refractivity contribution in [2.45, 2.75) is 0 Å². The van der Waals surface area contributed by atoms with Gasteiger partial charge in [0.15, 0.2) is 0 Å². The zero-order chi connectivity index (χ0) is 30.5. The van der Waals surface area contributed by atoms with Gasteiger partial charge in [0.1, 0.15) is 0 Å². The Morgan fingerprint density at radius 3 is 1.93 bits per heavy atom. The second-order valence-corrected chi connectivity index (χ2v) is 12.9. The number of hydrogen-bond acceptors (Lipinski definition) is 2. The van der Waals surface area contributed by atoms with Crippen LogP contribution in [0.3, 0.4) is 0 Å². The molecular formula is C44H29NS. The fraction of sp³-hybridized carbons (Fsp3) is 0. The van der Waals surface area contributed by atoms with Gasteiger partial charge in [0.25, 0.3) is 0 Å². The average Bonchev–Trinajstić information content (AvgIpc) is 3.51. The zero-order valence-electron chi connectivity index (χ0n) is 25.1. The lowest BCUT2D eigenvalue weighted by atomic mass is 9.98. The summed E-state index contributed by atoms with van der Waals surface area (Å²) in [6.45, 7) is 0. The predicted octanol–water partition coefficient (Wildman–Crippen LogP) is 13.2. The standard InChI is InChI=1S/C44H29NS/c1-2-12-33-28-34(23-22-30(33)10-1)31-24-26-36(27-25-31)45(41-19-8-13-32-11-3-4-16-38(32)41)37-15-7-14-35(29-37)39-18-9-21-43-44(39)40-17-5-6-20-42(40)46-43/h1-29H. The molecule has 0 amide bonds. The van der Waals surface area contributed by atoms with E-state index >= 15 is 0 Å². The van der Waals surface area contributed by atoms with Crippen molar-refractivity contribution in [2.24, 2.45) is 0 Å². The summed E-state index contributed by atoms with van der Waals surface area (Å²) in [6, 6.07) is 64.0. The van der Waals surface area contributed by atoms with Crippen molar-refractivity contribution in [3.05, 3.63) is 176 Å². The van der Waals surface area contributed by atoms with Gasteiger partial charge in [-0.25, -0.2) is 0 Å². The van der Waals surface area contributed by atoms with Crippen molar-refractivity contribution in [1.82, 2.24) is 0 Å². The predicted molar refractivity (Wildman–Crippen MR) is 200 cm³/mol. The SMILES string of the molecule is c1cc(-c2cccc3sc4ccccc4c23)cc(N(c2ccc(-c3ccc4ccccc4c3)cc2)c2cccc3ccccc23)c1. The highest BCUT2D eigenvalue weighted by atomic mass is 32.1. The van der Waals surface area contributed by atoms with E-state index in [0.717, 1.165) is 17.1 Å². The van der Waals surface area contributed by atoms with E-state index in [-0.39, 0.29) is 0 Å². The normalized spacial score (nSPS) is 11.5. The monoisotopic (exact) mass is 603 g/mol. The first kappa shape index (κ1) is 26.7. The number of anilines is 3. The third-order valence-electron chi connectivity index (χ3n) is 9.03. The Morgan fingerprint density at radius 2 is 1.04 bits per heavy atom. The Bertz CT molecular complexity index is 2530. The molecule has 0 aliphatic rings. The molecule has 0 N–H and O–H groups in total. The van der Waals surface area contributed by atoms with Crippen LogP contribution in [0.4, 0.5) is 17.1 Å². The van der Waals surface area contributed by atoms with Gasteiger partial charge in [-0.2, -0.15) is 0 Å². The molecule has 0 saturated heterocycles. The van der Waals surface area contributed by atoms with Gasteiger partial charge in [0.2, 0.25) is 0 Å². The minimum atomic E-state index is 1.12. The van der Waals surface area contributed by atoms with E-state index in [4.69, 9.17) is 0 Å². The number of thiophene rings is 1. The molecule has 1 heterocycles. The Balaban J connectivity index is 1.20. The Hall–Kier alpha value is -5.70. The van der Waals surface area contributed by atoms with E-state index < -0.39 is 0 Å². The summed E-state index contributed by atoms with van der Waals surface area (Å²) in [7, 11) is 0. The summed E-state index contributed by atoms with van der Waals surface area (Å²) < 4.78 is 2.64. The van der Waals surface area contributed by atoms with E-state index in [9.17, 15) is 0 Å². The second kappa shape index (κ2) is 11.0. The van der Waals surface area contributed by atoms with Crippen molar-refractivity contribution in [3.63, 3.8) is 0 Å². The average molecular weight is 604 g/mol. The molecule has 0 atom stereocenters. The van der Waals surface area contributed by atoms with Gasteiger partial charge < -0.3 is 4.90 Å². The molecule has 0 saturated carbocycles. The molecule has 0 aliphatic carbocycles. The topological polar surface area (TPSA) is 3.24 Å². The van der Waals surface area contributed by atoms with E-state index in [1.807, 2.05) is 11.3 Å². The first-order chi connectivity index (χ1) is 22.8. The molecule has 9 rings (SSSR count). The summed E-state index contributed by atoms with van der Waals surface area (Å²) in [4.78, 5) is 2.40. The van der Waals surface area contributed by atoms with Crippen LogP contribution < -0.4 is 4.90 Å². The molecular weight excluding hydrogens is 575 g/mol. The summed E-state index contributed by atoms with van der Waals surface area (Å²) in [6.07, 6.45) is 0. The summed E-state index contributed by atoms with van der Waals surface area (Å²) >= 11 is 1.87. The highest BCUT2D eigenvalue weighted by Crippen LogP contribution is 2.43. The third-order valence-corrected chi connectivity index (χ3v) is 10.2. The Morgan fingerprint density at radius 1 is 0.370 bits per heavy atom. The van der Waals surface area contributed by atoms with Crippen LogP contribution in [0.5, 0.6) is 0 Å². The molecule has 0 fully saturated rings. The smallest absolute Gasteiger partial charge is 0.0540 e. The van der Waals surface area contributed by atoms with Crippen LogP contribution in [-0.4, -0.2) is 0 Å². The highest BCUT2D eigenvalue weighted by Gasteiger charge is 2.17. The van der Waals surface area contributed by atoms with Crippen LogP contribution in [0.1, 0.15) is 0 Å². The second-order valence-electron chi connectivity index (χ2n) is 11.8. The zero-order valence-corrected chi connectivity index (χ0v) is 25.9. The number of fused-ring (bicyclic) bond motifs is 5. The molecule has 8 aromatic carbocycles. The van der Waals surface area contributed by atoms with E-state index in [0.29, 0.717) is 0 Å². The van der Waals surface area contributed by atoms with Gasteiger partial charge in [-0.1, -0.05) is 127 Å². The molecule has 2 heteroatoms. The number of hydrogen-bond donors (Lipinski definition) is 0. The largest absolute Gasteiger partial charge is 0.310 e. The maximum absolute atomic E-state index is 2.40. The van der Waals surface area contributed by atoms with Crippen molar-refractivity contribution in [2.75, 3.05) is 4.90 Å². The van der Waals surface area contributed by atoms with Crippen LogP contribution in [0.25, 0.3) is 64.0 Å². The van der Waals surface area contributed by atoms with Crippen molar-refractivity contribution < 1.29 is 0 Å². The van der Waals surface area contributed by atoms with E-state index in [2.05, 4.69) is 181 Å². The van der Waals surface area contributed by atoms with Crippen LogP contribution >= 0.6 is 11.3 Å². The fourth-order valence-corrected chi connectivity index (χ4v) is 7.96. The maximum Gasteiger partial charge on any atom is 0.0540 e. The molecule has 1 nitrogen and oxygen atoms in total. The van der Waals surface area contributed by atoms with Gasteiger partial charge in [-0.3, -0.25) is 0 Å². The molecule has 0 bridgehead atoms. The van der Waals surface area contributed by atoms with Crippen LogP contribution in [0, 0.1) is 0 Å².